The number of nitro groups is 1. The van der Waals surface area contributed by atoms with Crippen molar-refractivity contribution in [3.05, 3.63) is 57.1 Å². The van der Waals surface area contributed by atoms with Gasteiger partial charge >= 0.3 is 11.9 Å². The molecule has 1 heterocycles. The maximum Gasteiger partial charge on any atom is 0.344 e. The lowest BCUT2D eigenvalue weighted by Crippen LogP contribution is -2.27. The van der Waals surface area contributed by atoms with E-state index >= 15 is 0 Å². The summed E-state index contributed by atoms with van der Waals surface area (Å²) >= 11 is 0. The van der Waals surface area contributed by atoms with Crippen LogP contribution in [0, 0.1) is 10.1 Å². The van der Waals surface area contributed by atoms with Crippen molar-refractivity contribution in [1.82, 2.24) is 0 Å². The number of esters is 2. The summed E-state index contributed by atoms with van der Waals surface area (Å²) < 4.78 is 16.1. The van der Waals surface area contributed by atoms with Crippen LogP contribution in [-0.2, 0) is 9.47 Å². The van der Waals surface area contributed by atoms with Crippen molar-refractivity contribution in [1.29, 1.82) is 0 Å². The molecule has 1 aromatic carbocycles. The van der Waals surface area contributed by atoms with Gasteiger partial charge in [0.05, 0.1) is 29.2 Å². The lowest BCUT2D eigenvalue weighted by atomic mass is 10.1. The quantitative estimate of drug-likeness (QED) is 0.397. The lowest BCUT2D eigenvalue weighted by Gasteiger charge is -2.14. The van der Waals surface area contributed by atoms with Crippen LogP contribution in [-0.4, -0.2) is 35.6 Å². The highest BCUT2D eigenvalue weighted by Gasteiger charge is 2.26. The van der Waals surface area contributed by atoms with Crippen molar-refractivity contribution in [3.8, 4) is 11.3 Å². The Hall–Kier alpha value is -3.49. The first-order valence-electron chi connectivity index (χ1n) is 9.40. The minimum absolute atomic E-state index is 0.0575. The highest BCUT2D eigenvalue weighted by atomic mass is 16.6. The monoisotopic (exact) mass is 416 g/mol. The van der Waals surface area contributed by atoms with Crippen LogP contribution in [0.5, 0.6) is 0 Å². The van der Waals surface area contributed by atoms with Gasteiger partial charge in [-0.25, -0.2) is 14.6 Å². The normalized spacial score (nSPS) is 11.8. The minimum atomic E-state index is -0.762. The van der Waals surface area contributed by atoms with Gasteiger partial charge in [-0.1, -0.05) is 0 Å². The Labute approximate surface area is 173 Å². The van der Waals surface area contributed by atoms with E-state index in [-0.39, 0.29) is 41.3 Å². The fourth-order valence-corrected chi connectivity index (χ4v) is 2.55. The number of non-ortho nitro benzene ring substituents is 1. The van der Waals surface area contributed by atoms with E-state index < -0.39 is 22.4 Å². The molecule has 9 nitrogen and oxygen atoms in total. The third kappa shape index (κ3) is 5.53. The first-order chi connectivity index (χ1) is 14.1. The summed E-state index contributed by atoms with van der Waals surface area (Å²) in [6.45, 7) is 8.91. The van der Waals surface area contributed by atoms with Crippen molar-refractivity contribution in [2.45, 2.75) is 40.2 Å². The maximum atomic E-state index is 12.6. The van der Waals surface area contributed by atoms with E-state index in [0.717, 1.165) is 0 Å². The van der Waals surface area contributed by atoms with Gasteiger partial charge in [-0.3, -0.25) is 10.1 Å². The van der Waals surface area contributed by atoms with E-state index in [4.69, 9.17) is 13.9 Å². The molecule has 2 rings (SSSR count). The van der Waals surface area contributed by atoms with Crippen LogP contribution in [0.4, 0.5) is 5.69 Å². The Morgan fingerprint density at radius 3 is 2.13 bits per heavy atom. The van der Waals surface area contributed by atoms with Gasteiger partial charge in [-0.05, 0) is 52.8 Å². The van der Waals surface area contributed by atoms with Gasteiger partial charge in [0.25, 0.3) is 5.69 Å². The second kappa shape index (κ2) is 9.34. The molecule has 0 saturated carbocycles. The van der Waals surface area contributed by atoms with E-state index in [9.17, 15) is 19.7 Å². The van der Waals surface area contributed by atoms with Crippen molar-refractivity contribution in [3.63, 3.8) is 0 Å². The van der Waals surface area contributed by atoms with Gasteiger partial charge < -0.3 is 13.9 Å². The fourth-order valence-electron chi connectivity index (χ4n) is 2.55. The molecule has 0 bridgehead atoms. The Balaban J connectivity index is 2.82. The first-order valence-corrected chi connectivity index (χ1v) is 9.40. The zero-order valence-corrected chi connectivity index (χ0v) is 17.6. The highest BCUT2D eigenvalue weighted by Crippen LogP contribution is 2.24. The van der Waals surface area contributed by atoms with Crippen LogP contribution in [0.3, 0.4) is 0 Å². The molecule has 0 amide bonds. The van der Waals surface area contributed by atoms with Gasteiger partial charge in [-0.2, -0.15) is 0 Å². The van der Waals surface area contributed by atoms with E-state index in [1.807, 2.05) is 0 Å². The van der Waals surface area contributed by atoms with Gasteiger partial charge in [0.2, 0.25) is 5.55 Å². The van der Waals surface area contributed by atoms with Crippen LogP contribution >= 0.6 is 0 Å². The molecular formula is C21H24N2O7. The molecule has 0 spiro atoms. The van der Waals surface area contributed by atoms with E-state index in [1.165, 1.54) is 30.3 Å². The molecule has 160 valence electrons. The zero-order chi connectivity index (χ0) is 22.5. The highest BCUT2D eigenvalue weighted by molar-refractivity contribution is 6.03. The van der Waals surface area contributed by atoms with Crippen molar-refractivity contribution >= 4 is 17.6 Å². The maximum absolute atomic E-state index is 12.6. The minimum Gasteiger partial charge on any atom is -0.462 e. The summed E-state index contributed by atoms with van der Waals surface area (Å²) in [6, 6.07) is 6.95. The number of nitrogens with zero attached hydrogens (tertiary/aromatic N) is 2. The van der Waals surface area contributed by atoms with Crippen LogP contribution < -0.4 is 5.55 Å². The SMILES string of the molecule is CCOC(=O)c1cc(-c2ccc([N+](=O)[O-])cc2)oc(=NC(C)(C)C)c1C(=O)OCC. The second-order valence-corrected chi connectivity index (χ2v) is 7.23. The lowest BCUT2D eigenvalue weighted by molar-refractivity contribution is -0.384. The molecule has 0 fully saturated rings. The number of carbonyl (C=O) groups is 2. The van der Waals surface area contributed by atoms with Gasteiger partial charge in [0, 0.05) is 17.7 Å². The summed E-state index contributed by atoms with van der Waals surface area (Å²) in [4.78, 5) is 40.1. The summed E-state index contributed by atoms with van der Waals surface area (Å²) in [5, 5.41) is 10.9. The Bertz CT molecular complexity index is 1020. The average Bonchev–Trinajstić information content (AvgIpc) is 2.66. The zero-order valence-electron chi connectivity index (χ0n) is 17.6. The summed E-state index contributed by atoms with van der Waals surface area (Å²) in [5.41, 5.74) is -0.530. The van der Waals surface area contributed by atoms with Gasteiger partial charge in [-0.15, -0.1) is 0 Å². The van der Waals surface area contributed by atoms with E-state index in [1.54, 1.807) is 34.6 Å². The molecular weight excluding hydrogens is 392 g/mol. The van der Waals surface area contributed by atoms with Crippen LogP contribution in [0.2, 0.25) is 0 Å². The van der Waals surface area contributed by atoms with E-state index in [2.05, 4.69) is 4.99 Å². The number of carbonyl (C=O) groups excluding carboxylic acids is 2. The molecule has 1 aromatic heterocycles. The number of hydrogen-bond acceptors (Lipinski definition) is 8. The molecule has 0 radical (unpaired) electrons. The fraction of sp³-hybridized carbons (Fsp3) is 0.381. The number of nitro benzene ring substituents is 1. The molecule has 0 unspecified atom stereocenters. The summed E-state index contributed by atoms with van der Waals surface area (Å²) in [7, 11) is 0. The smallest absolute Gasteiger partial charge is 0.344 e. The topological polar surface area (TPSA) is 121 Å². The first kappa shape index (κ1) is 22.8. The Morgan fingerprint density at radius 1 is 1.07 bits per heavy atom. The predicted molar refractivity (Wildman–Crippen MR) is 108 cm³/mol. The predicted octanol–water partition coefficient (Wildman–Crippen LogP) is 3.91. The molecule has 30 heavy (non-hydrogen) atoms. The molecule has 9 heteroatoms. The molecule has 2 aromatic rings. The molecule has 0 aliphatic rings. The molecule has 0 aliphatic heterocycles. The van der Waals surface area contributed by atoms with Crippen LogP contribution in [0.25, 0.3) is 11.3 Å². The summed E-state index contributed by atoms with van der Waals surface area (Å²) in [6.07, 6.45) is 0. The standard InChI is InChI=1S/C21H24N2O7/c1-6-28-19(24)15-12-16(13-8-10-14(11-9-13)23(26)27)30-18(22-21(3,4)5)17(15)20(25)29-7-2/h8-12H,6-7H2,1-5H3. The molecule has 0 aliphatic carbocycles. The third-order valence-corrected chi connectivity index (χ3v) is 3.74. The molecule has 0 saturated heterocycles. The Kier molecular flexibility index (Phi) is 7.10. The Morgan fingerprint density at radius 2 is 1.63 bits per heavy atom. The number of rotatable bonds is 6. The van der Waals surface area contributed by atoms with Crippen molar-refractivity contribution in [2.75, 3.05) is 13.2 Å². The average molecular weight is 416 g/mol. The number of hydrogen-bond donors (Lipinski definition) is 0. The molecule has 0 atom stereocenters. The van der Waals surface area contributed by atoms with E-state index in [0.29, 0.717) is 5.56 Å². The van der Waals surface area contributed by atoms with Gasteiger partial charge in [0.1, 0.15) is 11.3 Å². The van der Waals surface area contributed by atoms with Crippen LogP contribution in [0.15, 0.2) is 39.7 Å². The number of ether oxygens (including phenoxy) is 2. The van der Waals surface area contributed by atoms with Crippen LogP contribution in [0.1, 0.15) is 55.3 Å². The molecule has 0 N–H and O–H groups in total. The van der Waals surface area contributed by atoms with Gasteiger partial charge in [0.15, 0.2) is 0 Å². The second-order valence-electron chi connectivity index (χ2n) is 7.23. The summed E-state index contributed by atoms with van der Waals surface area (Å²) in [5.74, 6) is -1.29. The largest absolute Gasteiger partial charge is 0.462 e. The van der Waals surface area contributed by atoms with Crippen molar-refractivity contribution in [2.24, 2.45) is 4.99 Å². The number of benzene rings is 1. The van der Waals surface area contributed by atoms with Crippen molar-refractivity contribution < 1.29 is 28.4 Å². The third-order valence-electron chi connectivity index (χ3n) is 3.74.